The van der Waals surface area contributed by atoms with Crippen molar-refractivity contribution in [2.75, 3.05) is 13.1 Å². The third kappa shape index (κ3) is 3.46. The van der Waals surface area contributed by atoms with Gasteiger partial charge in [0.1, 0.15) is 4.90 Å². The number of fused-ring (bicyclic) bond motifs is 1. The van der Waals surface area contributed by atoms with Gasteiger partial charge in [0.15, 0.2) is 0 Å². The summed E-state index contributed by atoms with van der Waals surface area (Å²) in [5.41, 5.74) is 1.49. The number of aryl methyl sites for hydroxylation is 1. The highest BCUT2D eigenvalue weighted by Crippen LogP contribution is 2.32. The number of carbonyl (C=O) groups excluding carboxylic acids is 1. The first-order valence-electron chi connectivity index (χ1n) is 9.10. The predicted octanol–water partition coefficient (Wildman–Crippen LogP) is 2.22. The third-order valence-corrected chi connectivity index (χ3v) is 6.71. The first-order valence-corrected chi connectivity index (χ1v) is 10.6. The molecule has 2 aliphatic rings. The summed E-state index contributed by atoms with van der Waals surface area (Å²) >= 11 is 0. The van der Waals surface area contributed by atoms with Crippen LogP contribution in [0.3, 0.4) is 0 Å². The number of hydrogen-bond donors (Lipinski definition) is 1. The first kappa shape index (κ1) is 17.4. The standard InChI is InChI=1S/C19H23N3O3S/c1-13-11-15-3-2-4-17(18(15)20-12-13)26(24,25)21-16-7-9-22(10-8-16)19(23)14-5-6-14/h2-4,11-12,14,16,21H,5-10H2,1H3. The maximum Gasteiger partial charge on any atom is 0.242 e. The number of hydrogen-bond acceptors (Lipinski definition) is 4. The molecule has 6 nitrogen and oxygen atoms in total. The second-order valence-corrected chi connectivity index (χ2v) is 9.02. The lowest BCUT2D eigenvalue weighted by Crippen LogP contribution is -2.46. The Hall–Kier alpha value is -1.99. The van der Waals surface area contributed by atoms with E-state index in [4.69, 9.17) is 0 Å². The molecule has 0 radical (unpaired) electrons. The molecular formula is C19H23N3O3S. The summed E-state index contributed by atoms with van der Waals surface area (Å²) in [5, 5.41) is 0.817. The molecule has 7 heteroatoms. The van der Waals surface area contributed by atoms with Crippen LogP contribution in [0.15, 0.2) is 35.4 Å². The number of carbonyl (C=O) groups is 1. The van der Waals surface area contributed by atoms with Crippen LogP contribution in [0.4, 0.5) is 0 Å². The van der Waals surface area contributed by atoms with Crippen LogP contribution in [0, 0.1) is 12.8 Å². The van der Waals surface area contributed by atoms with E-state index in [0.29, 0.717) is 31.4 Å². The van der Waals surface area contributed by atoms with Gasteiger partial charge in [0.2, 0.25) is 15.9 Å². The van der Waals surface area contributed by atoms with E-state index in [9.17, 15) is 13.2 Å². The number of aromatic nitrogens is 1. The van der Waals surface area contributed by atoms with Crippen molar-refractivity contribution in [1.82, 2.24) is 14.6 Å². The van der Waals surface area contributed by atoms with E-state index in [-0.39, 0.29) is 22.8 Å². The van der Waals surface area contributed by atoms with E-state index in [2.05, 4.69) is 9.71 Å². The molecule has 1 N–H and O–H groups in total. The van der Waals surface area contributed by atoms with Crippen LogP contribution in [-0.2, 0) is 14.8 Å². The van der Waals surface area contributed by atoms with Crippen molar-refractivity contribution < 1.29 is 13.2 Å². The van der Waals surface area contributed by atoms with E-state index >= 15 is 0 Å². The number of nitrogens with one attached hydrogen (secondary N) is 1. The molecule has 1 amide bonds. The van der Waals surface area contributed by atoms with Gasteiger partial charge in [-0.25, -0.2) is 13.1 Å². The lowest BCUT2D eigenvalue weighted by Gasteiger charge is -2.32. The average molecular weight is 373 g/mol. The van der Waals surface area contributed by atoms with Crippen LogP contribution < -0.4 is 4.72 Å². The zero-order chi connectivity index (χ0) is 18.3. The summed E-state index contributed by atoms with van der Waals surface area (Å²) in [7, 11) is -3.66. The predicted molar refractivity (Wildman–Crippen MR) is 99.1 cm³/mol. The van der Waals surface area contributed by atoms with Gasteiger partial charge >= 0.3 is 0 Å². The molecule has 4 rings (SSSR count). The number of amides is 1. The monoisotopic (exact) mass is 373 g/mol. The van der Waals surface area contributed by atoms with E-state index in [0.717, 1.165) is 23.8 Å². The van der Waals surface area contributed by atoms with Crippen molar-refractivity contribution in [1.29, 1.82) is 0 Å². The van der Waals surface area contributed by atoms with Crippen molar-refractivity contribution >= 4 is 26.8 Å². The lowest BCUT2D eigenvalue weighted by molar-refractivity contribution is -0.133. The highest BCUT2D eigenvalue weighted by molar-refractivity contribution is 7.89. The molecule has 1 aromatic heterocycles. The molecule has 0 spiro atoms. The number of para-hydroxylation sites is 1. The number of rotatable bonds is 4. The molecule has 138 valence electrons. The number of pyridine rings is 1. The Bertz CT molecular complexity index is 946. The smallest absolute Gasteiger partial charge is 0.242 e. The minimum Gasteiger partial charge on any atom is -0.342 e. The van der Waals surface area contributed by atoms with E-state index < -0.39 is 10.0 Å². The Morgan fingerprint density at radius 2 is 1.92 bits per heavy atom. The molecule has 0 atom stereocenters. The van der Waals surface area contributed by atoms with Gasteiger partial charge in [-0.05, 0) is 50.3 Å². The van der Waals surface area contributed by atoms with Gasteiger partial charge in [-0.15, -0.1) is 0 Å². The maximum absolute atomic E-state index is 12.9. The Kier molecular flexibility index (Phi) is 4.44. The third-order valence-electron chi connectivity index (χ3n) is 5.16. The molecule has 2 heterocycles. The second-order valence-electron chi connectivity index (χ2n) is 7.34. The maximum atomic E-state index is 12.9. The molecule has 0 bridgehead atoms. The molecule has 1 aromatic carbocycles. The molecule has 1 saturated heterocycles. The van der Waals surface area contributed by atoms with Gasteiger partial charge in [0.05, 0.1) is 5.52 Å². The number of sulfonamides is 1. The Labute approximate surface area is 153 Å². The fourth-order valence-corrected chi connectivity index (χ4v) is 5.03. The van der Waals surface area contributed by atoms with E-state index in [1.807, 2.05) is 24.0 Å². The van der Waals surface area contributed by atoms with Crippen LogP contribution >= 0.6 is 0 Å². The normalized spacial score (nSPS) is 19.0. The van der Waals surface area contributed by atoms with Crippen molar-refractivity contribution in [2.45, 2.75) is 43.5 Å². The van der Waals surface area contributed by atoms with Gasteiger partial charge in [-0.2, -0.15) is 0 Å². The number of likely N-dealkylation sites (tertiary alicyclic amines) is 1. The van der Waals surface area contributed by atoms with Crippen LogP contribution in [0.2, 0.25) is 0 Å². The van der Waals surface area contributed by atoms with Crippen molar-refractivity contribution in [2.24, 2.45) is 5.92 Å². The van der Waals surface area contributed by atoms with Gasteiger partial charge in [-0.3, -0.25) is 9.78 Å². The van der Waals surface area contributed by atoms with Gasteiger partial charge < -0.3 is 4.90 Å². The molecule has 26 heavy (non-hydrogen) atoms. The van der Waals surface area contributed by atoms with Crippen molar-refractivity contribution in [3.05, 3.63) is 36.0 Å². The second kappa shape index (κ2) is 6.63. The van der Waals surface area contributed by atoms with Crippen LogP contribution in [-0.4, -0.2) is 43.3 Å². The summed E-state index contributed by atoms with van der Waals surface area (Å²) in [5.74, 6) is 0.452. The van der Waals surface area contributed by atoms with Gasteiger partial charge in [0, 0.05) is 36.6 Å². The Morgan fingerprint density at radius 3 is 2.62 bits per heavy atom. The molecule has 1 saturated carbocycles. The SMILES string of the molecule is Cc1cnc2c(S(=O)(=O)NC3CCN(C(=O)C4CC4)CC3)cccc2c1. The summed E-state index contributed by atoms with van der Waals surface area (Å²) in [4.78, 5) is 18.6. The average Bonchev–Trinajstić information content (AvgIpc) is 3.46. The quantitative estimate of drug-likeness (QED) is 0.891. The minimum atomic E-state index is -3.66. The molecule has 2 aromatic rings. The van der Waals surface area contributed by atoms with E-state index in [1.54, 1.807) is 18.3 Å². The largest absolute Gasteiger partial charge is 0.342 e. The van der Waals surface area contributed by atoms with Crippen LogP contribution in [0.1, 0.15) is 31.2 Å². The van der Waals surface area contributed by atoms with Crippen LogP contribution in [0.25, 0.3) is 10.9 Å². The number of piperidine rings is 1. The molecule has 1 aliphatic carbocycles. The zero-order valence-electron chi connectivity index (χ0n) is 14.8. The Morgan fingerprint density at radius 1 is 1.19 bits per heavy atom. The fraction of sp³-hybridized carbons (Fsp3) is 0.474. The highest BCUT2D eigenvalue weighted by Gasteiger charge is 2.35. The number of nitrogens with zero attached hydrogens (tertiary/aromatic N) is 2. The topological polar surface area (TPSA) is 79.4 Å². The van der Waals surface area contributed by atoms with Crippen molar-refractivity contribution in [3.8, 4) is 0 Å². The van der Waals surface area contributed by atoms with Crippen LogP contribution in [0.5, 0.6) is 0 Å². The van der Waals surface area contributed by atoms with Crippen molar-refractivity contribution in [3.63, 3.8) is 0 Å². The first-order chi connectivity index (χ1) is 12.4. The van der Waals surface area contributed by atoms with Gasteiger partial charge in [0.25, 0.3) is 0 Å². The fourth-order valence-electron chi connectivity index (χ4n) is 3.55. The summed E-state index contributed by atoms with van der Waals surface area (Å²) in [6.07, 6.45) is 4.98. The van der Waals surface area contributed by atoms with Gasteiger partial charge in [-0.1, -0.05) is 12.1 Å². The Balaban J connectivity index is 1.49. The summed E-state index contributed by atoms with van der Waals surface area (Å²) in [6.45, 7) is 3.17. The summed E-state index contributed by atoms with van der Waals surface area (Å²) in [6, 6.07) is 7.00. The van der Waals surface area contributed by atoms with E-state index in [1.165, 1.54) is 0 Å². The lowest BCUT2D eigenvalue weighted by atomic mass is 10.1. The number of benzene rings is 1. The highest BCUT2D eigenvalue weighted by atomic mass is 32.2. The summed E-state index contributed by atoms with van der Waals surface area (Å²) < 4.78 is 28.6. The minimum absolute atomic E-state index is 0.149. The zero-order valence-corrected chi connectivity index (χ0v) is 15.6. The molecule has 0 unspecified atom stereocenters. The molecule has 1 aliphatic heterocycles. The molecular weight excluding hydrogens is 350 g/mol. The molecule has 2 fully saturated rings.